The van der Waals surface area contributed by atoms with Crippen LogP contribution < -0.4 is 5.32 Å². The minimum Gasteiger partial charge on any atom is -0.462 e. The van der Waals surface area contributed by atoms with E-state index in [0.717, 1.165) is 51.4 Å². The second-order valence-corrected chi connectivity index (χ2v) is 20.1. The normalized spacial score (nSPS) is 13.1. The van der Waals surface area contributed by atoms with Crippen LogP contribution in [0.25, 0.3) is 0 Å². The van der Waals surface area contributed by atoms with E-state index in [1.807, 2.05) is 0 Å². The maximum atomic E-state index is 13.3. The molecule has 64 heavy (non-hydrogen) atoms. The van der Waals surface area contributed by atoms with Crippen LogP contribution in [0.15, 0.2) is 12.2 Å². The molecule has 0 bridgehead atoms. The molecule has 0 fully saturated rings. The van der Waals surface area contributed by atoms with Crippen molar-refractivity contribution in [3.8, 4) is 0 Å². The minimum atomic E-state index is -0.783. The summed E-state index contributed by atoms with van der Waals surface area (Å²) in [7, 11) is 0. The summed E-state index contributed by atoms with van der Waals surface area (Å²) in [6.07, 6.45) is 59.9. The van der Waals surface area contributed by atoms with Gasteiger partial charge in [-0.25, -0.2) is 0 Å². The average Bonchev–Trinajstić information content (AvgIpc) is 3.29. The maximum Gasteiger partial charge on any atom is 0.306 e. The van der Waals surface area contributed by atoms with E-state index >= 15 is 0 Å². The molecular formula is C58H113NO5. The molecule has 380 valence electrons. The average molecular weight is 905 g/mol. The lowest BCUT2D eigenvalue weighted by Gasteiger charge is -2.24. The third-order valence-electron chi connectivity index (χ3n) is 13.6. The van der Waals surface area contributed by atoms with E-state index < -0.39 is 18.2 Å². The Morgan fingerprint density at radius 2 is 0.750 bits per heavy atom. The second kappa shape index (κ2) is 52.6. The van der Waals surface area contributed by atoms with E-state index in [0.29, 0.717) is 19.3 Å². The number of amides is 1. The SMILES string of the molecule is CCCCCCCCC/C=C/CCCCCCCC(=O)OC(CCCCCCCCCCCCCCCCCC)CC(=O)NC(CO)C(O)CCCCCCCCCCCCCCC. The molecule has 3 N–H and O–H groups in total. The lowest BCUT2D eigenvalue weighted by molar-refractivity contribution is -0.151. The number of esters is 1. The quantitative estimate of drug-likeness (QED) is 0.0321. The van der Waals surface area contributed by atoms with Crippen LogP contribution in [0.4, 0.5) is 0 Å². The summed E-state index contributed by atoms with van der Waals surface area (Å²) in [5.74, 6) is -0.460. The number of hydrogen-bond donors (Lipinski definition) is 3. The third-order valence-corrected chi connectivity index (χ3v) is 13.6. The Morgan fingerprint density at radius 3 is 1.11 bits per heavy atom. The number of aliphatic hydroxyl groups excluding tert-OH is 2. The van der Waals surface area contributed by atoms with E-state index in [2.05, 4.69) is 38.2 Å². The first kappa shape index (κ1) is 62.6. The lowest BCUT2D eigenvalue weighted by atomic mass is 10.0. The topological polar surface area (TPSA) is 95.9 Å². The molecule has 0 saturated carbocycles. The molecular weight excluding hydrogens is 791 g/mol. The number of hydrogen-bond acceptors (Lipinski definition) is 5. The zero-order valence-corrected chi connectivity index (χ0v) is 43.4. The summed E-state index contributed by atoms with van der Waals surface area (Å²) < 4.78 is 5.96. The predicted octanol–water partition coefficient (Wildman–Crippen LogP) is 17.7. The van der Waals surface area contributed by atoms with Crippen molar-refractivity contribution in [3.05, 3.63) is 12.2 Å². The first-order valence-electron chi connectivity index (χ1n) is 28.9. The number of rotatable bonds is 53. The van der Waals surface area contributed by atoms with Crippen molar-refractivity contribution in [1.29, 1.82) is 0 Å². The minimum absolute atomic E-state index is 0.0823. The Hall–Kier alpha value is -1.40. The number of carbonyl (C=O) groups excluding carboxylic acids is 2. The number of carbonyl (C=O) groups is 2. The van der Waals surface area contributed by atoms with Gasteiger partial charge in [0.25, 0.3) is 0 Å². The van der Waals surface area contributed by atoms with Crippen molar-refractivity contribution in [2.75, 3.05) is 6.61 Å². The summed E-state index contributed by atoms with van der Waals surface area (Å²) in [5, 5.41) is 23.9. The molecule has 0 aliphatic carbocycles. The van der Waals surface area contributed by atoms with Crippen molar-refractivity contribution in [2.45, 2.75) is 341 Å². The Bertz CT molecular complexity index is 970. The van der Waals surface area contributed by atoms with Crippen molar-refractivity contribution >= 4 is 11.9 Å². The smallest absolute Gasteiger partial charge is 0.306 e. The zero-order valence-electron chi connectivity index (χ0n) is 43.4. The van der Waals surface area contributed by atoms with Gasteiger partial charge in [0.05, 0.1) is 25.2 Å². The third kappa shape index (κ3) is 47.1. The van der Waals surface area contributed by atoms with Crippen molar-refractivity contribution in [3.63, 3.8) is 0 Å². The molecule has 0 heterocycles. The molecule has 0 aromatic heterocycles. The van der Waals surface area contributed by atoms with Crippen LogP contribution in [0.3, 0.4) is 0 Å². The van der Waals surface area contributed by atoms with Crippen molar-refractivity contribution < 1.29 is 24.5 Å². The van der Waals surface area contributed by atoms with Gasteiger partial charge in [-0.15, -0.1) is 0 Å². The largest absolute Gasteiger partial charge is 0.462 e. The van der Waals surface area contributed by atoms with Gasteiger partial charge in [0.1, 0.15) is 6.10 Å². The molecule has 6 nitrogen and oxygen atoms in total. The number of ether oxygens (including phenoxy) is 1. The first-order valence-corrected chi connectivity index (χ1v) is 28.9. The van der Waals surface area contributed by atoms with Crippen molar-refractivity contribution in [1.82, 2.24) is 5.32 Å². The zero-order chi connectivity index (χ0) is 46.7. The first-order chi connectivity index (χ1) is 31.5. The Balaban J connectivity index is 4.53. The van der Waals surface area contributed by atoms with Gasteiger partial charge in [-0.05, 0) is 51.4 Å². The molecule has 0 aliphatic rings. The Labute approximate surface area is 399 Å². The summed E-state index contributed by atoms with van der Waals surface area (Å²) in [4.78, 5) is 26.3. The summed E-state index contributed by atoms with van der Waals surface area (Å²) in [5.41, 5.74) is 0. The molecule has 6 heteroatoms. The van der Waals surface area contributed by atoms with Gasteiger partial charge in [0.2, 0.25) is 5.91 Å². The van der Waals surface area contributed by atoms with Gasteiger partial charge in [-0.3, -0.25) is 9.59 Å². The molecule has 0 aromatic carbocycles. The fourth-order valence-electron chi connectivity index (χ4n) is 9.19. The molecule has 0 aromatic rings. The maximum absolute atomic E-state index is 13.3. The van der Waals surface area contributed by atoms with E-state index in [9.17, 15) is 19.8 Å². The highest BCUT2D eigenvalue weighted by Crippen LogP contribution is 2.19. The predicted molar refractivity (Wildman–Crippen MR) is 278 cm³/mol. The number of allylic oxidation sites excluding steroid dienone is 2. The fraction of sp³-hybridized carbons (Fsp3) is 0.931. The van der Waals surface area contributed by atoms with Crippen LogP contribution in [0, 0.1) is 0 Å². The Kier molecular flexibility index (Phi) is 51.4. The molecule has 3 atom stereocenters. The standard InChI is InChI=1S/C58H113NO5/c1-4-7-10-13-16-19-22-25-27-29-32-34-37-40-43-46-49-54(64-58(63)51-48-45-42-39-36-33-30-28-26-23-20-17-14-11-8-5-2)52-57(62)59-55(53-60)56(61)50-47-44-41-38-35-31-24-21-18-15-12-9-6-3/h28,30,54-56,60-61H,4-27,29,31-53H2,1-3H3,(H,59,62)/b30-28+. The van der Waals surface area contributed by atoms with Gasteiger partial charge in [-0.1, -0.05) is 270 Å². The second-order valence-electron chi connectivity index (χ2n) is 20.1. The van der Waals surface area contributed by atoms with Crippen LogP contribution in [0.5, 0.6) is 0 Å². The summed E-state index contributed by atoms with van der Waals surface area (Å²) in [6.45, 7) is 6.52. The van der Waals surface area contributed by atoms with E-state index in [1.165, 1.54) is 225 Å². The highest BCUT2D eigenvalue weighted by molar-refractivity contribution is 5.77. The molecule has 1 amide bonds. The Morgan fingerprint density at radius 1 is 0.438 bits per heavy atom. The van der Waals surface area contributed by atoms with Gasteiger partial charge < -0.3 is 20.3 Å². The van der Waals surface area contributed by atoms with Crippen LogP contribution in [-0.4, -0.2) is 46.9 Å². The highest BCUT2D eigenvalue weighted by atomic mass is 16.5. The van der Waals surface area contributed by atoms with Crippen LogP contribution >= 0.6 is 0 Å². The van der Waals surface area contributed by atoms with Crippen LogP contribution in [-0.2, 0) is 14.3 Å². The molecule has 0 radical (unpaired) electrons. The molecule has 0 saturated heterocycles. The monoisotopic (exact) mass is 904 g/mol. The van der Waals surface area contributed by atoms with Crippen LogP contribution in [0.1, 0.15) is 323 Å². The van der Waals surface area contributed by atoms with E-state index in [1.54, 1.807) is 0 Å². The summed E-state index contributed by atoms with van der Waals surface area (Å²) >= 11 is 0. The van der Waals surface area contributed by atoms with Gasteiger partial charge in [-0.2, -0.15) is 0 Å². The van der Waals surface area contributed by atoms with Gasteiger partial charge in [0, 0.05) is 6.42 Å². The molecule has 0 aliphatic heterocycles. The van der Waals surface area contributed by atoms with Gasteiger partial charge >= 0.3 is 5.97 Å². The van der Waals surface area contributed by atoms with Crippen molar-refractivity contribution in [2.24, 2.45) is 0 Å². The number of unbranched alkanes of at least 4 members (excludes halogenated alkanes) is 39. The molecule has 3 unspecified atom stereocenters. The highest BCUT2D eigenvalue weighted by Gasteiger charge is 2.24. The van der Waals surface area contributed by atoms with Gasteiger partial charge in [0.15, 0.2) is 0 Å². The van der Waals surface area contributed by atoms with E-state index in [4.69, 9.17) is 4.74 Å². The lowest BCUT2D eigenvalue weighted by Crippen LogP contribution is -2.46. The summed E-state index contributed by atoms with van der Waals surface area (Å²) in [6, 6.07) is -0.697. The van der Waals surface area contributed by atoms with Crippen LogP contribution in [0.2, 0.25) is 0 Å². The number of aliphatic hydroxyl groups is 2. The number of nitrogens with one attached hydrogen (secondary N) is 1. The molecule has 0 spiro atoms. The fourth-order valence-corrected chi connectivity index (χ4v) is 9.19. The molecule has 0 rings (SSSR count). The van der Waals surface area contributed by atoms with E-state index in [-0.39, 0.29) is 24.9 Å².